The maximum absolute atomic E-state index is 5.62. The molecule has 1 aromatic carbocycles. The molecule has 4 heteroatoms. The molecule has 0 aliphatic carbocycles. The van der Waals surface area contributed by atoms with Crippen LogP contribution in [-0.2, 0) is 13.1 Å². The molecule has 1 aliphatic rings. The molecule has 0 atom stereocenters. The van der Waals surface area contributed by atoms with Crippen LogP contribution in [0.4, 0.5) is 5.82 Å². The van der Waals surface area contributed by atoms with Gasteiger partial charge in [-0.15, -0.1) is 0 Å². The number of fused-ring (bicyclic) bond motifs is 1. The van der Waals surface area contributed by atoms with Crippen LogP contribution >= 0.6 is 12.2 Å². The number of pyridine rings is 1. The second-order valence-electron chi connectivity index (χ2n) is 4.37. The van der Waals surface area contributed by atoms with Gasteiger partial charge in [-0.25, -0.2) is 4.98 Å². The van der Waals surface area contributed by atoms with Crippen molar-refractivity contribution in [2.75, 3.05) is 4.90 Å². The predicted molar refractivity (Wildman–Crippen MR) is 76.5 cm³/mol. The Morgan fingerprint density at radius 2 is 1.72 bits per heavy atom. The van der Waals surface area contributed by atoms with Crippen LogP contribution < -0.4 is 10.6 Å². The van der Waals surface area contributed by atoms with Crippen LogP contribution in [0.25, 0.3) is 0 Å². The van der Waals surface area contributed by atoms with Gasteiger partial charge in [0.05, 0.1) is 5.69 Å². The topological polar surface area (TPSA) is 42.1 Å². The summed E-state index contributed by atoms with van der Waals surface area (Å²) in [6, 6.07) is 14.2. The van der Waals surface area contributed by atoms with Gasteiger partial charge in [0.15, 0.2) is 0 Å². The van der Waals surface area contributed by atoms with E-state index in [1.165, 1.54) is 11.1 Å². The molecule has 0 amide bonds. The van der Waals surface area contributed by atoms with E-state index in [4.69, 9.17) is 18.0 Å². The van der Waals surface area contributed by atoms with Crippen molar-refractivity contribution in [2.45, 2.75) is 13.1 Å². The summed E-state index contributed by atoms with van der Waals surface area (Å²) in [4.78, 5) is 7.07. The maximum Gasteiger partial charge on any atom is 0.129 e. The number of hydrogen-bond donors (Lipinski definition) is 1. The van der Waals surface area contributed by atoms with Gasteiger partial charge in [-0.3, -0.25) is 0 Å². The third-order valence-corrected chi connectivity index (χ3v) is 3.36. The van der Waals surface area contributed by atoms with E-state index in [1.807, 2.05) is 18.2 Å². The molecule has 0 radical (unpaired) electrons. The highest BCUT2D eigenvalue weighted by atomic mass is 32.1. The van der Waals surface area contributed by atoms with Gasteiger partial charge < -0.3 is 10.6 Å². The summed E-state index contributed by atoms with van der Waals surface area (Å²) < 4.78 is 0. The van der Waals surface area contributed by atoms with Crippen LogP contribution in [0.15, 0.2) is 42.5 Å². The first-order chi connectivity index (χ1) is 8.74. The fourth-order valence-corrected chi connectivity index (χ4v) is 2.35. The average Bonchev–Trinajstić information content (AvgIpc) is 2.82. The second-order valence-corrected chi connectivity index (χ2v) is 4.81. The lowest BCUT2D eigenvalue weighted by molar-refractivity contribution is 0.856. The van der Waals surface area contributed by atoms with Crippen LogP contribution in [0, 0.1) is 0 Å². The Morgan fingerprint density at radius 1 is 1.06 bits per heavy atom. The van der Waals surface area contributed by atoms with Crippen molar-refractivity contribution in [3.63, 3.8) is 0 Å². The number of thiocarbonyl (C=S) groups is 1. The lowest BCUT2D eigenvalue weighted by atomic mass is 10.1. The summed E-state index contributed by atoms with van der Waals surface area (Å²) in [5.74, 6) is 0.927. The quantitative estimate of drug-likeness (QED) is 0.836. The molecule has 0 saturated heterocycles. The standard InChI is InChI=1S/C14H13N3S/c15-14(18)12-6-3-7-13(16-12)17-8-10-4-1-2-5-11(10)9-17/h1-7H,8-9H2,(H2,15,18). The summed E-state index contributed by atoms with van der Waals surface area (Å²) >= 11 is 4.96. The number of hydrogen-bond acceptors (Lipinski definition) is 3. The molecule has 18 heavy (non-hydrogen) atoms. The Morgan fingerprint density at radius 3 is 2.33 bits per heavy atom. The minimum Gasteiger partial charge on any atom is -0.388 e. The first-order valence-corrected chi connectivity index (χ1v) is 6.23. The minimum absolute atomic E-state index is 0.341. The lowest BCUT2D eigenvalue weighted by Gasteiger charge is -2.16. The fourth-order valence-electron chi connectivity index (χ4n) is 2.23. The largest absolute Gasteiger partial charge is 0.388 e. The van der Waals surface area contributed by atoms with E-state index in [0.717, 1.165) is 18.9 Å². The van der Waals surface area contributed by atoms with E-state index in [-0.39, 0.29) is 0 Å². The van der Waals surface area contributed by atoms with E-state index >= 15 is 0 Å². The minimum atomic E-state index is 0.341. The Kier molecular flexibility index (Phi) is 2.72. The van der Waals surface area contributed by atoms with Crippen LogP contribution in [0.3, 0.4) is 0 Å². The Hall–Kier alpha value is -1.94. The second kappa shape index (κ2) is 4.38. The molecule has 90 valence electrons. The molecule has 0 saturated carbocycles. The lowest BCUT2D eigenvalue weighted by Crippen LogP contribution is -2.18. The number of aromatic nitrogens is 1. The normalized spacial score (nSPS) is 13.4. The SMILES string of the molecule is NC(=S)c1cccc(N2Cc3ccccc3C2)n1. The number of nitrogens with zero attached hydrogens (tertiary/aromatic N) is 2. The van der Waals surface area contributed by atoms with Crippen molar-refractivity contribution in [2.24, 2.45) is 5.73 Å². The Bertz CT molecular complexity index is 584. The van der Waals surface area contributed by atoms with E-state index in [9.17, 15) is 0 Å². The number of anilines is 1. The molecule has 0 fully saturated rings. The van der Waals surface area contributed by atoms with Crippen LogP contribution in [0.2, 0.25) is 0 Å². The molecule has 1 aliphatic heterocycles. The highest BCUT2D eigenvalue weighted by Gasteiger charge is 2.19. The van der Waals surface area contributed by atoms with Gasteiger partial charge in [0.2, 0.25) is 0 Å². The molecule has 3 rings (SSSR count). The molecule has 2 N–H and O–H groups in total. The van der Waals surface area contributed by atoms with Crippen molar-refractivity contribution in [1.82, 2.24) is 4.98 Å². The Balaban J connectivity index is 1.90. The van der Waals surface area contributed by atoms with Gasteiger partial charge in [-0.05, 0) is 23.3 Å². The van der Waals surface area contributed by atoms with Crippen LogP contribution in [0.1, 0.15) is 16.8 Å². The molecule has 2 aromatic rings. The fraction of sp³-hybridized carbons (Fsp3) is 0.143. The van der Waals surface area contributed by atoms with Gasteiger partial charge in [0.1, 0.15) is 10.8 Å². The number of rotatable bonds is 2. The number of benzene rings is 1. The molecule has 0 unspecified atom stereocenters. The highest BCUT2D eigenvalue weighted by Crippen LogP contribution is 2.26. The van der Waals surface area contributed by atoms with E-state index in [2.05, 4.69) is 34.1 Å². The zero-order valence-electron chi connectivity index (χ0n) is 9.84. The molecular weight excluding hydrogens is 242 g/mol. The Labute approximate surface area is 111 Å². The number of nitrogens with two attached hydrogens (primary N) is 1. The third-order valence-electron chi connectivity index (χ3n) is 3.15. The summed E-state index contributed by atoms with van der Waals surface area (Å²) in [5.41, 5.74) is 9.02. The van der Waals surface area contributed by atoms with Gasteiger partial charge in [-0.2, -0.15) is 0 Å². The van der Waals surface area contributed by atoms with Crippen LogP contribution in [0.5, 0.6) is 0 Å². The third kappa shape index (κ3) is 1.95. The summed E-state index contributed by atoms with van der Waals surface area (Å²) in [7, 11) is 0. The molecule has 0 spiro atoms. The predicted octanol–water partition coefficient (Wildman–Crippen LogP) is 2.24. The molecule has 2 heterocycles. The molecule has 1 aromatic heterocycles. The van der Waals surface area contributed by atoms with E-state index in [1.54, 1.807) is 0 Å². The first kappa shape index (κ1) is 11.2. The van der Waals surface area contributed by atoms with Crippen LogP contribution in [-0.4, -0.2) is 9.97 Å². The molecule has 0 bridgehead atoms. The molecular formula is C14H13N3S. The van der Waals surface area contributed by atoms with Crippen molar-refractivity contribution >= 4 is 23.0 Å². The molecule has 3 nitrogen and oxygen atoms in total. The average molecular weight is 255 g/mol. The van der Waals surface area contributed by atoms with Gasteiger partial charge in [0.25, 0.3) is 0 Å². The van der Waals surface area contributed by atoms with Crippen molar-refractivity contribution in [1.29, 1.82) is 0 Å². The van der Waals surface area contributed by atoms with Gasteiger partial charge in [0, 0.05) is 13.1 Å². The first-order valence-electron chi connectivity index (χ1n) is 5.82. The zero-order chi connectivity index (χ0) is 12.5. The highest BCUT2D eigenvalue weighted by molar-refractivity contribution is 7.80. The summed E-state index contributed by atoms with van der Waals surface area (Å²) in [5, 5.41) is 0. The summed E-state index contributed by atoms with van der Waals surface area (Å²) in [6.45, 7) is 1.79. The van der Waals surface area contributed by atoms with Gasteiger partial charge in [-0.1, -0.05) is 42.5 Å². The maximum atomic E-state index is 5.62. The van der Waals surface area contributed by atoms with E-state index in [0.29, 0.717) is 10.7 Å². The monoisotopic (exact) mass is 255 g/mol. The van der Waals surface area contributed by atoms with Crippen molar-refractivity contribution in [3.05, 3.63) is 59.3 Å². The smallest absolute Gasteiger partial charge is 0.129 e. The summed E-state index contributed by atoms with van der Waals surface area (Å²) in [6.07, 6.45) is 0. The van der Waals surface area contributed by atoms with E-state index < -0.39 is 0 Å². The van der Waals surface area contributed by atoms with Gasteiger partial charge >= 0.3 is 0 Å². The zero-order valence-corrected chi connectivity index (χ0v) is 10.7. The van der Waals surface area contributed by atoms with Crippen molar-refractivity contribution in [3.8, 4) is 0 Å². The van der Waals surface area contributed by atoms with Crippen molar-refractivity contribution < 1.29 is 0 Å².